The first-order valence-corrected chi connectivity index (χ1v) is 9.83. The van der Waals surface area contributed by atoms with Crippen LogP contribution in [0.5, 0.6) is 0 Å². The van der Waals surface area contributed by atoms with Crippen molar-refractivity contribution in [1.82, 2.24) is 20.5 Å². The molecular formula is C17H26N4OS. The van der Waals surface area contributed by atoms with Crippen molar-refractivity contribution < 1.29 is 4.79 Å². The largest absolute Gasteiger partial charge is 0.350 e. The van der Waals surface area contributed by atoms with Crippen molar-refractivity contribution in [3.05, 3.63) is 5.82 Å². The number of H-pyrrole nitrogens is 1. The lowest BCUT2D eigenvalue weighted by Crippen LogP contribution is -2.60. The second kappa shape index (κ2) is 5.80. The van der Waals surface area contributed by atoms with E-state index in [1.165, 1.54) is 50.3 Å². The second-order valence-corrected chi connectivity index (χ2v) is 9.17. The lowest BCUT2D eigenvalue weighted by atomic mass is 9.53. The summed E-state index contributed by atoms with van der Waals surface area (Å²) in [6.07, 6.45) is 8.62. The first-order chi connectivity index (χ1) is 11.0. The van der Waals surface area contributed by atoms with Crippen LogP contribution in [0.3, 0.4) is 0 Å². The van der Waals surface area contributed by atoms with Gasteiger partial charge in [-0.2, -0.15) is 0 Å². The number of aromatic nitrogens is 3. The Kier molecular flexibility index (Phi) is 3.90. The number of hydrogen-bond donors (Lipinski definition) is 2. The molecule has 1 unspecified atom stereocenters. The van der Waals surface area contributed by atoms with Crippen LogP contribution in [0.4, 0.5) is 0 Å². The van der Waals surface area contributed by atoms with Crippen LogP contribution in [0.2, 0.25) is 0 Å². The van der Waals surface area contributed by atoms with E-state index in [0.29, 0.717) is 5.16 Å². The average Bonchev–Trinajstić information content (AvgIpc) is 2.92. The molecule has 5 nitrogen and oxygen atoms in total. The molecule has 1 aromatic heterocycles. The molecule has 4 bridgehead atoms. The van der Waals surface area contributed by atoms with E-state index in [1.807, 2.05) is 13.8 Å². The third-order valence-electron chi connectivity index (χ3n) is 5.92. The third kappa shape index (κ3) is 3.02. The van der Waals surface area contributed by atoms with E-state index in [2.05, 4.69) is 20.5 Å². The number of rotatable bonds is 5. The Balaban J connectivity index is 1.39. The van der Waals surface area contributed by atoms with Crippen molar-refractivity contribution in [3.8, 4) is 0 Å². The van der Waals surface area contributed by atoms with Gasteiger partial charge in [-0.25, -0.2) is 4.98 Å². The van der Waals surface area contributed by atoms with Gasteiger partial charge < -0.3 is 5.32 Å². The summed E-state index contributed by atoms with van der Waals surface area (Å²) in [4.78, 5) is 17.1. The van der Waals surface area contributed by atoms with E-state index in [-0.39, 0.29) is 16.7 Å². The number of aromatic amines is 1. The second-order valence-electron chi connectivity index (χ2n) is 7.87. The predicted octanol–water partition coefficient (Wildman–Crippen LogP) is 2.93. The Labute approximate surface area is 141 Å². The average molecular weight is 334 g/mol. The molecule has 1 aromatic rings. The summed E-state index contributed by atoms with van der Waals surface area (Å²) in [6.45, 7) is 4.00. The Hall–Kier alpha value is -1.04. The Morgan fingerprint density at radius 2 is 1.91 bits per heavy atom. The van der Waals surface area contributed by atoms with Gasteiger partial charge in [-0.3, -0.25) is 9.89 Å². The van der Waals surface area contributed by atoms with Crippen molar-refractivity contribution >= 4 is 17.7 Å². The number of aryl methyl sites for hydroxylation is 1. The van der Waals surface area contributed by atoms with Gasteiger partial charge in [-0.15, -0.1) is 5.10 Å². The third-order valence-corrected chi connectivity index (χ3v) is 6.89. The van der Waals surface area contributed by atoms with E-state index in [9.17, 15) is 4.79 Å². The smallest absolute Gasteiger partial charge is 0.233 e. The molecule has 2 N–H and O–H groups in total. The summed E-state index contributed by atoms with van der Waals surface area (Å²) in [5.74, 6) is 3.58. The maximum atomic E-state index is 12.7. The number of nitrogens with zero attached hydrogens (tertiary/aromatic N) is 2. The van der Waals surface area contributed by atoms with Gasteiger partial charge in [-0.1, -0.05) is 18.7 Å². The van der Waals surface area contributed by atoms with Crippen molar-refractivity contribution in [2.45, 2.75) is 74.7 Å². The fourth-order valence-electron chi connectivity index (χ4n) is 5.33. The van der Waals surface area contributed by atoms with Crippen molar-refractivity contribution in [3.63, 3.8) is 0 Å². The molecule has 4 aliphatic rings. The zero-order valence-electron chi connectivity index (χ0n) is 14.0. The number of carbonyl (C=O) groups excluding carboxylic acids is 1. The molecule has 4 aliphatic carbocycles. The van der Waals surface area contributed by atoms with Gasteiger partial charge in [0.2, 0.25) is 11.1 Å². The van der Waals surface area contributed by atoms with Gasteiger partial charge in [0, 0.05) is 12.0 Å². The van der Waals surface area contributed by atoms with E-state index in [1.54, 1.807) is 0 Å². The summed E-state index contributed by atoms with van der Waals surface area (Å²) < 4.78 is 0. The highest BCUT2D eigenvalue weighted by atomic mass is 32.2. The minimum atomic E-state index is -0.150. The van der Waals surface area contributed by atoms with Crippen LogP contribution in [0, 0.1) is 17.8 Å². The van der Waals surface area contributed by atoms with Crippen LogP contribution in [0.25, 0.3) is 0 Å². The molecule has 6 heteroatoms. The molecule has 0 aromatic carbocycles. The lowest BCUT2D eigenvalue weighted by molar-refractivity contribution is -0.126. The molecule has 23 heavy (non-hydrogen) atoms. The minimum absolute atomic E-state index is 0.0915. The van der Waals surface area contributed by atoms with E-state index in [0.717, 1.165) is 30.0 Å². The molecule has 0 radical (unpaired) electrons. The summed E-state index contributed by atoms with van der Waals surface area (Å²) in [6, 6.07) is 0. The van der Waals surface area contributed by atoms with Gasteiger partial charge in [0.05, 0.1) is 5.25 Å². The normalized spacial score (nSPS) is 36.2. The van der Waals surface area contributed by atoms with E-state index >= 15 is 0 Å². The van der Waals surface area contributed by atoms with Crippen molar-refractivity contribution in [2.75, 3.05) is 0 Å². The molecule has 1 heterocycles. The van der Waals surface area contributed by atoms with Crippen molar-refractivity contribution in [2.24, 2.45) is 17.8 Å². The van der Waals surface area contributed by atoms with Crippen LogP contribution in [0.1, 0.15) is 58.2 Å². The predicted molar refractivity (Wildman–Crippen MR) is 90.1 cm³/mol. The summed E-state index contributed by atoms with van der Waals surface area (Å²) in [5, 5.41) is 11.1. The van der Waals surface area contributed by atoms with Crippen LogP contribution in [-0.4, -0.2) is 31.9 Å². The van der Waals surface area contributed by atoms with Gasteiger partial charge in [0.1, 0.15) is 5.82 Å². The number of hydrogen-bond acceptors (Lipinski definition) is 4. The molecule has 5 rings (SSSR count). The molecule has 0 saturated heterocycles. The molecule has 0 spiro atoms. The number of thioether (sulfide) groups is 1. The maximum absolute atomic E-state index is 12.7. The monoisotopic (exact) mass is 334 g/mol. The Morgan fingerprint density at radius 3 is 2.43 bits per heavy atom. The van der Waals surface area contributed by atoms with Gasteiger partial charge in [0.15, 0.2) is 0 Å². The molecular weight excluding hydrogens is 308 g/mol. The van der Waals surface area contributed by atoms with Gasteiger partial charge >= 0.3 is 0 Å². The standard InChI is InChI=1S/C17H26N4OS/c1-3-14-18-16(21-20-14)23-10(2)15(22)19-17-7-11-4-12(8-17)6-13(5-11)9-17/h10-13H,3-9H2,1-2H3,(H,19,22)(H,18,20,21). The summed E-state index contributed by atoms with van der Waals surface area (Å²) in [5.41, 5.74) is 0.0915. The molecule has 1 amide bonds. The Morgan fingerprint density at radius 1 is 1.30 bits per heavy atom. The molecule has 126 valence electrons. The highest BCUT2D eigenvalue weighted by Gasteiger charge is 2.51. The summed E-state index contributed by atoms with van der Waals surface area (Å²) >= 11 is 1.45. The first kappa shape index (κ1) is 15.5. The van der Waals surface area contributed by atoms with Gasteiger partial charge in [-0.05, 0) is 63.2 Å². The van der Waals surface area contributed by atoms with Crippen LogP contribution < -0.4 is 5.32 Å². The zero-order valence-corrected chi connectivity index (χ0v) is 14.8. The quantitative estimate of drug-likeness (QED) is 0.812. The fraction of sp³-hybridized carbons (Fsp3) is 0.824. The first-order valence-electron chi connectivity index (χ1n) is 8.95. The van der Waals surface area contributed by atoms with Crippen LogP contribution in [0.15, 0.2) is 5.16 Å². The molecule has 4 fully saturated rings. The van der Waals surface area contributed by atoms with Crippen LogP contribution in [-0.2, 0) is 11.2 Å². The molecule has 1 atom stereocenters. The molecule has 0 aliphatic heterocycles. The SMILES string of the molecule is CCc1nc(SC(C)C(=O)NC23CC4CC(CC(C4)C2)C3)n[nH]1. The zero-order chi connectivity index (χ0) is 16.0. The van der Waals surface area contributed by atoms with Crippen molar-refractivity contribution in [1.29, 1.82) is 0 Å². The van der Waals surface area contributed by atoms with E-state index in [4.69, 9.17) is 0 Å². The highest BCUT2D eigenvalue weighted by molar-refractivity contribution is 8.00. The summed E-state index contributed by atoms with van der Waals surface area (Å²) in [7, 11) is 0. The topological polar surface area (TPSA) is 70.7 Å². The van der Waals surface area contributed by atoms with Gasteiger partial charge in [0.25, 0.3) is 0 Å². The number of carbonyl (C=O) groups is 1. The minimum Gasteiger partial charge on any atom is -0.350 e. The Bertz CT molecular complexity index is 564. The highest BCUT2D eigenvalue weighted by Crippen LogP contribution is 2.55. The maximum Gasteiger partial charge on any atom is 0.233 e. The molecule has 4 saturated carbocycles. The van der Waals surface area contributed by atoms with E-state index < -0.39 is 0 Å². The van der Waals surface area contributed by atoms with Crippen LogP contribution >= 0.6 is 11.8 Å². The number of nitrogens with one attached hydrogen (secondary N) is 2. The fourth-order valence-corrected chi connectivity index (χ4v) is 6.07. The number of amides is 1. The lowest BCUT2D eigenvalue weighted by Gasteiger charge is -2.57.